The molecule has 112 valence electrons. The van der Waals surface area contributed by atoms with Crippen LogP contribution in [0.4, 0.5) is 4.39 Å². The molecule has 1 aliphatic heterocycles. The summed E-state index contributed by atoms with van der Waals surface area (Å²) in [6.07, 6.45) is 0.911. The lowest BCUT2D eigenvalue weighted by molar-refractivity contribution is 0.122. The first-order chi connectivity index (χ1) is 9.35. The molecule has 2 atom stereocenters. The lowest BCUT2D eigenvalue weighted by Gasteiger charge is -2.20. The lowest BCUT2D eigenvalue weighted by Crippen LogP contribution is -2.37. The summed E-state index contributed by atoms with van der Waals surface area (Å²) in [6, 6.07) is 5.99. The average molecular weight is 302 g/mol. The summed E-state index contributed by atoms with van der Waals surface area (Å²) in [5.41, 5.74) is 0.270. The number of aliphatic hydroxyl groups excluding tert-OH is 1. The Morgan fingerprint density at radius 2 is 2.20 bits per heavy atom. The van der Waals surface area contributed by atoms with E-state index in [1.807, 2.05) is 4.90 Å². The van der Waals surface area contributed by atoms with Crippen molar-refractivity contribution in [3.63, 3.8) is 0 Å². The Balaban J connectivity index is 1.91. The smallest absolute Gasteiger partial charge is 0.208 e. The number of β-amino-alcohol motifs (C(OH)–C–C–N with tert-alkyl or cyclic N) is 1. The van der Waals surface area contributed by atoms with E-state index in [1.165, 1.54) is 6.07 Å². The molecule has 2 N–H and O–H groups in total. The van der Waals surface area contributed by atoms with Crippen molar-refractivity contribution in [1.82, 2.24) is 9.62 Å². The van der Waals surface area contributed by atoms with Crippen LogP contribution in [-0.4, -0.2) is 50.4 Å². The third kappa shape index (κ3) is 4.24. The summed E-state index contributed by atoms with van der Waals surface area (Å²) in [5, 5.41) is 10.1. The van der Waals surface area contributed by atoms with E-state index in [9.17, 15) is 17.9 Å². The number of hydrogen-bond donors (Lipinski definition) is 2. The highest BCUT2D eigenvalue weighted by Crippen LogP contribution is 2.20. The largest absolute Gasteiger partial charge is 0.387 e. The zero-order chi connectivity index (χ0) is 14.8. The first kappa shape index (κ1) is 15.4. The quantitative estimate of drug-likeness (QED) is 0.830. The molecule has 0 aromatic heterocycles. The molecule has 1 aromatic rings. The van der Waals surface area contributed by atoms with E-state index < -0.39 is 21.9 Å². The fourth-order valence-corrected chi connectivity index (χ4v) is 3.28. The monoisotopic (exact) mass is 302 g/mol. The molecule has 0 bridgehead atoms. The van der Waals surface area contributed by atoms with Crippen LogP contribution in [0.5, 0.6) is 0 Å². The zero-order valence-corrected chi connectivity index (χ0v) is 12.1. The van der Waals surface area contributed by atoms with Crippen molar-refractivity contribution in [2.24, 2.45) is 0 Å². The molecule has 1 aromatic carbocycles. The van der Waals surface area contributed by atoms with Gasteiger partial charge in [0, 0.05) is 24.7 Å². The third-order valence-electron chi connectivity index (χ3n) is 3.35. The van der Waals surface area contributed by atoms with Gasteiger partial charge in [0.05, 0.1) is 12.4 Å². The van der Waals surface area contributed by atoms with E-state index in [2.05, 4.69) is 4.72 Å². The topological polar surface area (TPSA) is 69.6 Å². The Bertz CT molecular complexity index is 564. The number of nitrogens with zero attached hydrogens (tertiary/aromatic N) is 1. The summed E-state index contributed by atoms with van der Waals surface area (Å²) in [6.45, 7) is 1.50. The van der Waals surface area contributed by atoms with Crippen molar-refractivity contribution in [1.29, 1.82) is 0 Å². The number of sulfonamides is 1. The van der Waals surface area contributed by atoms with Gasteiger partial charge in [0.15, 0.2) is 0 Å². The molecular weight excluding hydrogens is 283 g/mol. The molecule has 20 heavy (non-hydrogen) atoms. The molecule has 0 radical (unpaired) electrons. The van der Waals surface area contributed by atoms with Crippen LogP contribution in [-0.2, 0) is 10.0 Å². The lowest BCUT2D eigenvalue weighted by atomic mass is 10.1. The SMILES string of the molecule is CS(=O)(=O)NC1CCN(CC(O)c2ccccc2F)C1. The molecule has 2 rings (SSSR count). The second kappa shape index (κ2) is 6.17. The molecular formula is C13H19FN2O3S. The average Bonchev–Trinajstić information content (AvgIpc) is 2.74. The Morgan fingerprint density at radius 1 is 1.50 bits per heavy atom. The molecule has 0 aliphatic carbocycles. The number of benzene rings is 1. The van der Waals surface area contributed by atoms with Crippen LogP contribution >= 0.6 is 0 Å². The zero-order valence-electron chi connectivity index (χ0n) is 11.3. The first-order valence-corrected chi connectivity index (χ1v) is 8.36. The van der Waals surface area contributed by atoms with Gasteiger partial charge in [0.25, 0.3) is 0 Å². The van der Waals surface area contributed by atoms with Gasteiger partial charge in [-0.1, -0.05) is 18.2 Å². The summed E-state index contributed by atoms with van der Waals surface area (Å²) in [7, 11) is -3.22. The fraction of sp³-hybridized carbons (Fsp3) is 0.538. The number of hydrogen-bond acceptors (Lipinski definition) is 4. The van der Waals surface area contributed by atoms with E-state index >= 15 is 0 Å². The van der Waals surface area contributed by atoms with E-state index in [4.69, 9.17) is 0 Å². The number of nitrogens with one attached hydrogen (secondary N) is 1. The van der Waals surface area contributed by atoms with Gasteiger partial charge < -0.3 is 5.11 Å². The molecule has 1 fully saturated rings. The molecule has 7 heteroatoms. The molecule has 1 saturated heterocycles. The van der Waals surface area contributed by atoms with Crippen molar-refractivity contribution >= 4 is 10.0 Å². The first-order valence-electron chi connectivity index (χ1n) is 6.47. The molecule has 5 nitrogen and oxygen atoms in total. The van der Waals surface area contributed by atoms with Crippen LogP contribution in [0.15, 0.2) is 24.3 Å². The number of likely N-dealkylation sites (tertiary alicyclic amines) is 1. The number of aliphatic hydroxyl groups is 1. The summed E-state index contributed by atoms with van der Waals surface area (Å²) < 4.78 is 38.4. The van der Waals surface area contributed by atoms with Gasteiger partial charge in [-0.2, -0.15) is 0 Å². The maximum Gasteiger partial charge on any atom is 0.208 e. The van der Waals surface area contributed by atoms with Gasteiger partial charge in [0.1, 0.15) is 5.82 Å². The van der Waals surface area contributed by atoms with Crippen molar-refractivity contribution in [2.45, 2.75) is 18.6 Å². The number of halogens is 1. The minimum absolute atomic E-state index is 0.141. The summed E-state index contributed by atoms with van der Waals surface area (Å²) >= 11 is 0. The number of rotatable bonds is 5. The molecule has 2 unspecified atom stereocenters. The Morgan fingerprint density at radius 3 is 2.85 bits per heavy atom. The highest BCUT2D eigenvalue weighted by atomic mass is 32.2. The van der Waals surface area contributed by atoms with Crippen molar-refractivity contribution < 1.29 is 17.9 Å². The van der Waals surface area contributed by atoms with Gasteiger partial charge in [-0.15, -0.1) is 0 Å². The second-order valence-electron chi connectivity index (χ2n) is 5.17. The summed E-state index contributed by atoms with van der Waals surface area (Å²) in [5.74, 6) is -0.426. The van der Waals surface area contributed by atoms with Crippen molar-refractivity contribution in [3.8, 4) is 0 Å². The Kier molecular flexibility index (Phi) is 4.74. The van der Waals surface area contributed by atoms with Crippen LogP contribution in [0.25, 0.3) is 0 Å². The molecule has 1 aliphatic rings. The van der Waals surface area contributed by atoms with Crippen LogP contribution in [0.1, 0.15) is 18.1 Å². The van der Waals surface area contributed by atoms with E-state index in [0.717, 1.165) is 6.26 Å². The van der Waals surface area contributed by atoms with Gasteiger partial charge >= 0.3 is 0 Å². The summed E-state index contributed by atoms with van der Waals surface area (Å²) in [4.78, 5) is 1.93. The highest BCUT2D eigenvalue weighted by molar-refractivity contribution is 7.88. The molecule has 1 heterocycles. The maximum absolute atomic E-state index is 13.5. The van der Waals surface area contributed by atoms with Gasteiger partial charge in [-0.05, 0) is 19.0 Å². The fourth-order valence-electron chi connectivity index (χ4n) is 2.49. The standard InChI is InChI=1S/C13H19FN2O3S/c1-20(18,19)15-10-6-7-16(8-10)9-13(17)11-4-2-3-5-12(11)14/h2-5,10,13,15,17H,6-9H2,1H3. The third-order valence-corrected chi connectivity index (χ3v) is 4.11. The minimum atomic E-state index is -3.22. The maximum atomic E-state index is 13.5. The Labute approximate surface area is 118 Å². The van der Waals surface area contributed by atoms with E-state index in [-0.39, 0.29) is 11.6 Å². The van der Waals surface area contributed by atoms with Gasteiger partial charge in [0.2, 0.25) is 10.0 Å². The normalized spacial score (nSPS) is 22.1. The molecule has 0 spiro atoms. The highest BCUT2D eigenvalue weighted by Gasteiger charge is 2.26. The predicted molar refractivity (Wildman–Crippen MR) is 74.2 cm³/mol. The van der Waals surface area contributed by atoms with Crippen LogP contribution in [0.3, 0.4) is 0 Å². The minimum Gasteiger partial charge on any atom is -0.387 e. The Hall–Kier alpha value is -1.02. The van der Waals surface area contributed by atoms with Crippen molar-refractivity contribution in [3.05, 3.63) is 35.6 Å². The second-order valence-corrected chi connectivity index (χ2v) is 6.95. The van der Waals surface area contributed by atoms with Gasteiger partial charge in [-0.3, -0.25) is 4.90 Å². The van der Waals surface area contributed by atoms with Crippen LogP contribution in [0.2, 0.25) is 0 Å². The van der Waals surface area contributed by atoms with E-state index in [0.29, 0.717) is 26.1 Å². The van der Waals surface area contributed by atoms with E-state index in [1.54, 1.807) is 18.2 Å². The predicted octanol–water partition coefficient (Wildman–Crippen LogP) is 0.483. The molecule has 0 amide bonds. The van der Waals surface area contributed by atoms with Gasteiger partial charge in [-0.25, -0.2) is 17.5 Å². The molecule has 0 saturated carbocycles. The van der Waals surface area contributed by atoms with Crippen LogP contribution < -0.4 is 4.72 Å². The van der Waals surface area contributed by atoms with Crippen molar-refractivity contribution in [2.75, 3.05) is 25.9 Å². The van der Waals surface area contributed by atoms with Crippen LogP contribution in [0, 0.1) is 5.82 Å².